The van der Waals surface area contributed by atoms with Gasteiger partial charge in [-0.25, -0.2) is 28.4 Å². The van der Waals surface area contributed by atoms with Crippen molar-refractivity contribution in [1.82, 2.24) is 28.7 Å². The van der Waals surface area contributed by atoms with E-state index in [1.165, 1.54) is 54.6 Å². The van der Waals surface area contributed by atoms with Crippen LogP contribution < -0.4 is 5.73 Å². The van der Waals surface area contributed by atoms with Gasteiger partial charge in [-0.3, -0.25) is 0 Å². The van der Waals surface area contributed by atoms with Gasteiger partial charge in [0.25, 0.3) is 0 Å². The van der Waals surface area contributed by atoms with Crippen molar-refractivity contribution in [2.24, 2.45) is 0 Å². The quantitative estimate of drug-likeness (QED) is 0.301. The Bertz CT molecular complexity index is 1410. The molecule has 0 amide bonds. The minimum atomic E-state index is -3.22. The van der Waals surface area contributed by atoms with Crippen molar-refractivity contribution < 1.29 is 8.42 Å². The second-order valence-corrected chi connectivity index (χ2v) is 13.1. The van der Waals surface area contributed by atoms with E-state index in [4.69, 9.17) is 28.9 Å². The Morgan fingerprint density at radius 1 is 0.868 bits per heavy atom. The van der Waals surface area contributed by atoms with Crippen molar-refractivity contribution in [1.29, 1.82) is 0 Å². The summed E-state index contributed by atoms with van der Waals surface area (Å²) < 4.78 is 32.3. The van der Waals surface area contributed by atoms with Gasteiger partial charge in [-0.05, 0) is 90.9 Å². The monoisotopic (exact) mass is 633 g/mol. The predicted molar refractivity (Wildman–Crippen MR) is 155 cm³/mol. The SMILES string of the molecule is Cl.Clc1nccc2c1CCCC2.Nc1ncns1.O=S(=O)(Cc1ncns1)C1CCc2c(ccnc2Cl)C1. The van der Waals surface area contributed by atoms with Gasteiger partial charge >= 0.3 is 0 Å². The molecule has 4 heterocycles. The van der Waals surface area contributed by atoms with Crippen molar-refractivity contribution >= 4 is 73.6 Å². The van der Waals surface area contributed by atoms with Crippen LogP contribution in [-0.4, -0.2) is 42.4 Å². The number of fused-ring (bicyclic) bond motifs is 2. The molecule has 9 nitrogen and oxygen atoms in total. The summed E-state index contributed by atoms with van der Waals surface area (Å²) in [5, 5.41) is 1.89. The minimum absolute atomic E-state index is 0. The topological polar surface area (TPSA) is 138 Å². The van der Waals surface area contributed by atoms with Crippen molar-refractivity contribution in [3.8, 4) is 0 Å². The number of rotatable bonds is 3. The number of nitrogens with zero attached hydrogens (tertiary/aromatic N) is 6. The maximum absolute atomic E-state index is 12.4. The zero-order valence-electron chi connectivity index (χ0n) is 20.2. The molecule has 0 saturated carbocycles. The number of anilines is 1. The van der Waals surface area contributed by atoms with Gasteiger partial charge in [0, 0.05) is 23.9 Å². The van der Waals surface area contributed by atoms with Crippen LogP contribution in [-0.2, 0) is 41.3 Å². The maximum Gasteiger partial charge on any atom is 0.199 e. The fourth-order valence-electron chi connectivity index (χ4n) is 4.27. The number of aryl methyl sites for hydroxylation is 1. The van der Waals surface area contributed by atoms with Crippen LogP contribution in [0.4, 0.5) is 5.13 Å². The van der Waals surface area contributed by atoms with E-state index in [0.29, 0.717) is 39.7 Å². The highest BCUT2D eigenvalue weighted by Gasteiger charge is 2.31. The van der Waals surface area contributed by atoms with Crippen molar-refractivity contribution in [3.05, 3.63) is 74.7 Å². The van der Waals surface area contributed by atoms with E-state index in [1.807, 2.05) is 6.07 Å². The van der Waals surface area contributed by atoms with Gasteiger partial charge in [-0.15, -0.1) is 12.4 Å². The van der Waals surface area contributed by atoms with Gasteiger partial charge in [0.05, 0.1) is 5.25 Å². The van der Waals surface area contributed by atoms with Crippen LogP contribution in [0.15, 0.2) is 37.2 Å². The normalized spacial score (nSPS) is 15.9. The average Bonchev–Trinajstić information content (AvgIpc) is 3.59. The molecule has 1 unspecified atom stereocenters. The zero-order valence-corrected chi connectivity index (χ0v) is 24.9. The third kappa shape index (κ3) is 8.27. The molecule has 15 heteroatoms. The van der Waals surface area contributed by atoms with Crippen LogP contribution in [0.1, 0.15) is 46.5 Å². The molecule has 38 heavy (non-hydrogen) atoms. The Hall–Kier alpha value is -1.96. The number of nitrogens with two attached hydrogens (primary N) is 1. The largest absolute Gasteiger partial charge is 0.374 e. The highest BCUT2D eigenvalue weighted by Crippen LogP contribution is 2.30. The van der Waals surface area contributed by atoms with Gasteiger partial charge in [0.15, 0.2) is 15.0 Å². The molecule has 204 valence electrons. The van der Waals surface area contributed by atoms with Crippen molar-refractivity contribution in [3.63, 3.8) is 0 Å². The van der Waals surface area contributed by atoms with E-state index < -0.39 is 9.84 Å². The second-order valence-electron chi connectivity index (χ2n) is 8.47. The van der Waals surface area contributed by atoms with Crippen LogP contribution in [0.2, 0.25) is 10.3 Å². The number of hydrogen-bond acceptors (Lipinski definition) is 11. The molecule has 0 bridgehead atoms. The second kappa shape index (κ2) is 14.4. The molecule has 0 aromatic carbocycles. The third-order valence-corrected chi connectivity index (χ3v) is 10.2. The summed E-state index contributed by atoms with van der Waals surface area (Å²) in [4.78, 5) is 15.7. The van der Waals surface area contributed by atoms with Gasteiger partial charge in [-0.2, -0.15) is 8.75 Å². The zero-order chi connectivity index (χ0) is 26.3. The lowest BCUT2D eigenvalue weighted by Gasteiger charge is -2.24. The number of nitrogen functional groups attached to an aromatic ring is 1. The van der Waals surface area contributed by atoms with Crippen molar-refractivity contribution in [2.45, 2.75) is 55.9 Å². The molecule has 0 radical (unpaired) electrons. The van der Waals surface area contributed by atoms with Gasteiger partial charge in [0.1, 0.15) is 33.7 Å². The maximum atomic E-state index is 12.4. The highest BCUT2D eigenvalue weighted by atomic mass is 35.5. The fraction of sp³-hybridized carbons (Fsp3) is 0.391. The molecule has 1 atom stereocenters. The molecule has 2 aliphatic carbocycles. The molecule has 2 aliphatic rings. The van der Waals surface area contributed by atoms with Crippen LogP contribution in [0.3, 0.4) is 0 Å². The molecule has 0 saturated heterocycles. The summed E-state index contributed by atoms with van der Waals surface area (Å²) in [5.74, 6) is -0.0313. The smallest absolute Gasteiger partial charge is 0.199 e. The third-order valence-electron chi connectivity index (χ3n) is 6.11. The molecule has 4 aromatic heterocycles. The first kappa shape index (κ1) is 30.6. The van der Waals surface area contributed by atoms with E-state index in [0.717, 1.165) is 29.1 Å². The summed E-state index contributed by atoms with van der Waals surface area (Å²) in [5.41, 5.74) is 9.77. The van der Waals surface area contributed by atoms with Gasteiger partial charge < -0.3 is 5.73 Å². The van der Waals surface area contributed by atoms with Crippen molar-refractivity contribution in [2.75, 3.05) is 5.73 Å². The number of sulfone groups is 1. The van der Waals surface area contributed by atoms with E-state index in [1.54, 1.807) is 12.4 Å². The lowest BCUT2D eigenvalue weighted by Crippen LogP contribution is -2.29. The summed E-state index contributed by atoms with van der Waals surface area (Å²) >= 11 is 14.3. The van der Waals surface area contributed by atoms with E-state index in [-0.39, 0.29) is 23.4 Å². The highest BCUT2D eigenvalue weighted by molar-refractivity contribution is 7.91. The van der Waals surface area contributed by atoms with E-state index in [2.05, 4.69) is 34.7 Å². The van der Waals surface area contributed by atoms with E-state index >= 15 is 0 Å². The first-order valence-corrected chi connectivity index (χ1v) is 15.6. The summed E-state index contributed by atoms with van der Waals surface area (Å²) in [6.07, 6.45) is 12.8. The predicted octanol–water partition coefficient (Wildman–Crippen LogP) is 5.21. The average molecular weight is 635 g/mol. The Labute approximate surface area is 245 Å². The number of hydrogen-bond donors (Lipinski definition) is 1. The van der Waals surface area contributed by atoms with Gasteiger partial charge in [0.2, 0.25) is 0 Å². The molecular weight excluding hydrogens is 609 g/mol. The molecule has 4 aromatic rings. The molecule has 6 rings (SSSR count). The van der Waals surface area contributed by atoms with Crippen LogP contribution in [0.25, 0.3) is 0 Å². The molecule has 0 spiro atoms. The molecular formula is C23H26Cl3N7O2S3. The van der Waals surface area contributed by atoms with Crippen LogP contribution in [0, 0.1) is 0 Å². The Kier molecular flexibility index (Phi) is 11.6. The Balaban J connectivity index is 0.000000185. The molecule has 0 aliphatic heterocycles. The minimum Gasteiger partial charge on any atom is -0.374 e. The summed E-state index contributed by atoms with van der Waals surface area (Å²) in [7, 11) is -3.22. The summed E-state index contributed by atoms with van der Waals surface area (Å²) in [6, 6.07) is 3.94. The Morgan fingerprint density at radius 3 is 2.08 bits per heavy atom. The first-order chi connectivity index (χ1) is 17.8. The van der Waals surface area contributed by atoms with Gasteiger partial charge in [-0.1, -0.05) is 23.2 Å². The first-order valence-electron chi connectivity index (χ1n) is 11.6. The lowest BCUT2D eigenvalue weighted by atomic mass is 9.93. The van der Waals surface area contributed by atoms with E-state index in [9.17, 15) is 8.42 Å². The van der Waals surface area contributed by atoms with Crippen LogP contribution in [0.5, 0.6) is 0 Å². The molecule has 2 N–H and O–H groups in total. The Morgan fingerprint density at radius 2 is 1.50 bits per heavy atom. The van der Waals surface area contributed by atoms with Crippen LogP contribution >= 0.6 is 58.7 Å². The standard InChI is InChI=1S/C12H12ClN3O2S2.C9H10ClN.C2H3N3S.ClH/c13-12-10-2-1-9(5-8(10)3-4-14-12)20(17,18)6-11-15-7-16-19-11;10-9-8-4-2-1-3-7(8)5-6-11-9;3-2-4-1-5-6-2;/h3-4,7,9H,1-2,5-6H2;5-6H,1-4H2;1H,(H2,3,4,5);1H. The summed E-state index contributed by atoms with van der Waals surface area (Å²) in [6.45, 7) is 0. The number of pyridine rings is 2. The fourth-order valence-corrected chi connectivity index (χ4v) is 7.69. The number of aromatic nitrogens is 6. The lowest BCUT2D eigenvalue weighted by molar-refractivity contribution is 0.560. The molecule has 0 fully saturated rings. The number of halogens is 3.